The molecule has 32 heavy (non-hydrogen) atoms. The number of carbonyl (C=O) groups is 1. The highest BCUT2D eigenvalue weighted by Gasteiger charge is 2.43. The number of aliphatic imine (C=N–C) groups is 1. The van der Waals surface area contributed by atoms with E-state index >= 15 is 0 Å². The number of carbonyl (C=O) groups excluding carboxylic acids is 1. The largest absolute Gasteiger partial charge is 0.497 e. The molecule has 3 aromatic carbocycles. The van der Waals surface area contributed by atoms with Crippen LogP contribution in [0.5, 0.6) is 17.2 Å². The van der Waals surface area contributed by atoms with Gasteiger partial charge in [0.15, 0.2) is 11.5 Å². The normalized spacial score (nSPS) is 16.5. The Kier molecular flexibility index (Phi) is 5.02. The molecule has 2 heterocycles. The molecule has 0 aliphatic carbocycles. The molecule has 3 aromatic rings. The van der Waals surface area contributed by atoms with Crippen molar-refractivity contribution in [2.45, 2.75) is 12.5 Å². The summed E-state index contributed by atoms with van der Waals surface area (Å²) < 4.78 is 16.3. The molecule has 0 saturated heterocycles. The predicted octanol–water partition coefficient (Wildman–Crippen LogP) is 5.59. The molecule has 0 saturated carbocycles. The van der Waals surface area contributed by atoms with Crippen molar-refractivity contribution in [1.82, 2.24) is 0 Å². The first-order valence-corrected chi connectivity index (χ1v) is 10.5. The summed E-state index contributed by atoms with van der Waals surface area (Å²) in [6.07, 6.45) is 0.535. The van der Waals surface area contributed by atoms with Crippen LogP contribution in [-0.4, -0.2) is 32.9 Å². The van der Waals surface area contributed by atoms with Crippen LogP contribution in [0.4, 0.5) is 11.4 Å². The molecular weight excluding hydrogens is 428 g/mol. The molecule has 1 atom stereocenters. The van der Waals surface area contributed by atoms with Crippen molar-refractivity contribution in [3.8, 4) is 17.2 Å². The van der Waals surface area contributed by atoms with Crippen molar-refractivity contribution in [2.24, 2.45) is 4.99 Å². The van der Waals surface area contributed by atoms with E-state index in [-0.39, 0.29) is 11.9 Å². The molecule has 1 amide bonds. The van der Waals surface area contributed by atoms with Gasteiger partial charge in [-0.2, -0.15) is 0 Å². The van der Waals surface area contributed by atoms with E-state index in [0.29, 0.717) is 39.9 Å². The van der Waals surface area contributed by atoms with E-state index in [4.69, 9.17) is 30.8 Å². The summed E-state index contributed by atoms with van der Waals surface area (Å²) in [6, 6.07) is 16.7. The minimum absolute atomic E-state index is 0.143. The lowest BCUT2D eigenvalue weighted by molar-refractivity contribution is 0.0989. The van der Waals surface area contributed by atoms with E-state index in [1.807, 2.05) is 42.5 Å². The lowest BCUT2D eigenvalue weighted by Crippen LogP contribution is -2.28. The average Bonchev–Trinajstić information content (AvgIpc) is 2.98. The molecule has 0 unspecified atom stereocenters. The van der Waals surface area contributed by atoms with E-state index < -0.39 is 0 Å². The van der Waals surface area contributed by atoms with Crippen LogP contribution in [0.15, 0.2) is 59.6 Å². The van der Waals surface area contributed by atoms with Gasteiger partial charge in [0.25, 0.3) is 5.91 Å². The number of hydrogen-bond acceptors (Lipinski definition) is 5. The van der Waals surface area contributed by atoms with Crippen LogP contribution < -0.4 is 19.1 Å². The number of ether oxygens (including phenoxy) is 3. The predicted molar refractivity (Wildman–Crippen MR) is 124 cm³/mol. The summed E-state index contributed by atoms with van der Waals surface area (Å²) in [5, 5.41) is 0.559. The minimum atomic E-state index is -0.236. The minimum Gasteiger partial charge on any atom is -0.497 e. The molecule has 0 radical (unpaired) electrons. The Balaban J connectivity index is 1.71. The van der Waals surface area contributed by atoms with Crippen molar-refractivity contribution in [1.29, 1.82) is 0 Å². The first kappa shape index (κ1) is 20.4. The lowest BCUT2D eigenvalue weighted by Gasteiger charge is -2.24. The number of methoxy groups -OCH3 is 3. The number of anilines is 1. The zero-order chi connectivity index (χ0) is 22.4. The van der Waals surface area contributed by atoms with Gasteiger partial charge in [-0.3, -0.25) is 14.7 Å². The summed E-state index contributed by atoms with van der Waals surface area (Å²) in [6.45, 7) is 0. The van der Waals surface area contributed by atoms with Gasteiger partial charge in [-0.25, -0.2) is 0 Å². The van der Waals surface area contributed by atoms with Crippen LogP contribution >= 0.6 is 11.6 Å². The third-order valence-corrected chi connectivity index (χ3v) is 6.18. The highest BCUT2D eigenvalue weighted by atomic mass is 35.5. The molecule has 0 fully saturated rings. The van der Waals surface area contributed by atoms with Gasteiger partial charge in [0, 0.05) is 11.4 Å². The van der Waals surface area contributed by atoms with Crippen LogP contribution in [0.25, 0.3) is 0 Å². The van der Waals surface area contributed by atoms with E-state index in [1.54, 1.807) is 38.4 Å². The number of rotatable bonds is 4. The summed E-state index contributed by atoms with van der Waals surface area (Å²) in [7, 11) is 4.75. The van der Waals surface area contributed by atoms with Crippen LogP contribution in [-0.2, 0) is 0 Å². The van der Waals surface area contributed by atoms with Gasteiger partial charge in [-0.05, 0) is 59.7 Å². The maximum atomic E-state index is 13.7. The number of halogens is 1. The topological polar surface area (TPSA) is 60.4 Å². The summed E-state index contributed by atoms with van der Waals surface area (Å²) >= 11 is 6.29. The molecule has 162 valence electrons. The van der Waals surface area contributed by atoms with Crippen LogP contribution in [0.2, 0.25) is 5.02 Å². The zero-order valence-electron chi connectivity index (χ0n) is 17.9. The third kappa shape index (κ3) is 3.10. The van der Waals surface area contributed by atoms with Crippen molar-refractivity contribution in [3.63, 3.8) is 0 Å². The van der Waals surface area contributed by atoms with Gasteiger partial charge in [0.05, 0.1) is 50.0 Å². The van der Waals surface area contributed by atoms with Crippen molar-refractivity contribution in [3.05, 3.63) is 76.3 Å². The van der Waals surface area contributed by atoms with Crippen LogP contribution in [0.1, 0.15) is 33.9 Å². The van der Waals surface area contributed by atoms with Crippen LogP contribution in [0, 0.1) is 0 Å². The number of fused-ring (bicyclic) bond motifs is 5. The van der Waals surface area contributed by atoms with Gasteiger partial charge in [0.2, 0.25) is 0 Å². The quantitative estimate of drug-likeness (QED) is 0.522. The zero-order valence-corrected chi connectivity index (χ0v) is 18.6. The first-order valence-electron chi connectivity index (χ1n) is 10.2. The van der Waals surface area contributed by atoms with E-state index in [2.05, 4.69) is 0 Å². The molecule has 6 nitrogen and oxygen atoms in total. The highest BCUT2D eigenvalue weighted by molar-refractivity contribution is 6.31. The Morgan fingerprint density at radius 3 is 2.44 bits per heavy atom. The fourth-order valence-electron chi connectivity index (χ4n) is 4.45. The Labute approximate surface area is 191 Å². The molecule has 0 spiro atoms. The van der Waals surface area contributed by atoms with E-state index in [1.165, 1.54) is 0 Å². The van der Waals surface area contributed by atoms with Gasteiger partial charge >= 0.3 is 0 Å². The fraction of sp³-hybridized carbons (Fsp3) is 0.200. The van der Waals surface area contributed by atoms with E-state index in [9.17, 15) is 4.79 Å². The summed E-state index contributed by atoms with van der Waals surface area (Å²) in [4.78, 5) is 20.4. The van der Waals surface area contributed by atoms with Gasteiger partial charge in [-0.15, -0.1) is 0 Å². The Morgan fingerprint density at radius 2 is 1.75 bits per heavy atom. The smallest absolute Gasteiger partial charge is 0.263 e. The third-order valence-electron chi connectivity index (χ3n) is 5.94. The number of nitrogens with zero attached hydrogens (tertiary/aromatic N) is 2. The second-order valence-corrected chi connectivity index (χ2v) is 8.02. The molecule has 0 N–H and O–H groups in total. The molecule has 7 heteroatoms. The Morgan fingerprint density at radius 1 is 0.969 bits per heavy atom. The second kappa shape index (κ2) is 7.88. The number of hydrogen-bond donors (Lipinski definition) is 0. The van der Waals surface area contributed by atoms with Crippen molar-refractivity contribution >= 4 is 34.6 Å². The van der Waals surface area contributed by atoms with Gasteiger partial charge in [0.1, 0.15) is 5.75 Å². The molecular formula is C25H21ClN2O4. The SMILES string of the molecule is COc1ccc(C2=Nc3cc(Cl)ccc3N3C(=O)c4c(ccc(OC)c4OC)[C@@H]3C2)cc1. The average molecular weight is 449 g/mol. The second-order valence-electron chi connectivity index (χ2n) is 7.58. The standard InChI is InChI=1S/C25H21ClN2O4/c1-30-16-7-4-14(5-8-16)18-13-21-17-9-11-22(31-2)24(32-3)23(17)25(29)28(21)20-10-6-15(26)12-19(20)27-18/h4-12,21H,13H2,1-3H3/t21-/m0/s1. The number of amides is 1. The van der Waals surface area contributed by atoms with Crippen molar-refractivity contribution in [2.75, 3.05) is 26.2 Å². The Hall–Kier alpha value is -3.51. The molecule has 5 rings (SSSR count). The molecule has 0 aromatic heterocycles. The van der Waals surface area contributed by atoms with Gasteiger partial charge in [-0.1, -0.05) is 17.7 Å². The Bertz CT molecular complexity index is 1250. The van der Waals surface area contributed by atoms with Crippen LogP contribution in [0.3, 0.4) is 0 Å². The van der Waals surface area contributed by atoms with Gasteiger partial charge < -0.3 is 14.2 Å². The van der Waals surface area contributed by atoms with E-state index in [0.717, 1.165) is 22.6 Å². The highest BCUT2D eigenvalue weighted by Crippen LogP contribution is 2.50. The fourth-order valence-corrected chi connectivity index (χ4v) is 4.62. The molecule has 2 aliphatic heterocycles. The molecule has 0 bridgehead atoms. The maximum Gasteiger partial charge on any atom is 0.263 e. The maximum absolute atomic E-state index is 13.7. The molecule has 2 aliphatic rings. The summed E-state index contributed by atoms with van der Waals surface area (Å²) in [5.41, 5.74) is 4.59. The summed E-state index contributed by atoms with van der Waals surface area (Å²) in [5.74, 6) is 1.60. The monoisotopic (exact) mass is 448 g/mol. The number of benzene rings is 3. The lowest BCUT2D eigenvalue weighted by atomic mass is 9.96. The first-order chi connectivity index (χ1) is 15.5. The van der Waals surface area contributed by atoms with Crippen molar-refractivity contribution < 1.29 is 19.0 Å².